The zero-order chi connectivity index (χ0) is 3.58. The van der Waals surface area contributed by atoms with Gasteiger partial charge < -0.3 is 15.3 Å². The van der Waals surface area contributed by atoms with Crippen LogP contribution in [0.4, 0.5) is 0 Å². The van der Waals surface area contributed by atoms with Gasteiger partial charge in [-0.2, -0.15) is 0 Å². The number of hydrogen-bond donors (Lipinski definition) is 0. The van der Waals surface area contributed by atoms with E-state index in [4.69, 9.17) is 15.3 Å². The number of nitrogens with zero attached hydrogens (tertiary/aromatic N) is 1. The third-order valence-electron chi connectivity index (χ3n) is 0. The van der Waals surface area contributed by atoms with Crippen LogP contribution in [-0.4, -0.2) is 5.09 Å². The maximum absolute atomic E-state index is 8.25. The van der Waals surface area contributed by atoms with Crippen LogP contribution in [0.5, 0.6) is 0 Å². The fraction of sp³-hybridized carbons (Fsp3) is 0. The Morgan fingerprint density at radius 1 is 1.40 bits per heavy atom. The van der Waals surface area contributed by atoms with E-state index in [9.17, 15) is 0 Å². The minimum Gasteiger partial charge on any atom is -0.356 e. The van der Waals surface area contributed by atoms with Gasteiger partial charge in [-0.1, -0.05) is 0 Å². The van der Waals surface area contributed by atoms with Crippen molar-refractivity contribution in [2.45, 2.75) is 0 Å². The van der Waals surface area contributed by atoms with Gasteiger partial charge in [0.1, 0.15) is 0 Å². The zero-order valence-electron chi connectivity index (χ0n) is 2.67. The normalized spacial score (nSPS) is 4.80. The van der Waals surface area contributed by atoms with Crippen molar-refractivity contribution in [3.05, 3.63) is 15.3 Å². The Labute approximate surface area is 87.1 Å². The zero-order valence-corrected chi connectivity index (χ0v) is 8.95. The van der Waals surface area contributed by atoms with E-state index in [1.54, 1.807) is 0 Å². The molecule has 0 radical (unpaired) electrons. The van der Waals surface area contributed by atoms with E-state index in [0.29, 0.717) is 0 Å². The summed E-state index contributed by atoms with van der Waals surface area (Å²) in [5, 5.41) is 14.8. The van der Waals surface area contributed by atoms with Crippen molar-refractivity contribution in [3.63, 3.8) is 0 Å². The van der Waals surface area contributed by atoms with Crippen molar-refractivity contribution in [2.75, 3.05) is 0 Å². The average molecular weight is 195 g/mol. The quantitative estimate of drug-likeness (QED) is 0.301. The molecule has 0 bridgehead atoms. The molecular formula is CsNO3. The molecule has 0 spiro atoms. The maximum Gasteiger partial charge on any atom is 1.00 e. The van der Waals surface area contributed by atoms with Crippen LogP contribution >= 0.6 is 0 Å². The molecule has 0 heterocycles. The van der Waals surface area contributed by atoms with Crippen LogP contribution in [-0.2, 0) is 0 Å². The molecule has 0 aliphatic carbocycles. The van der Waals surface area contributed by atoms with Gasteiger partial charge in [0.15, 0.2) is 0 Å². The molecule has 5 heavy (non-hydrogen) atoms. The summed E-state index contributed by atoms with van der Waals surface area (Å²) in [6.07, 6.45) is 0. The molecule has 0 atom stereocenters. The molecule has 4 nitrogen and oxygen atoms in total. The molecule has 0 fully saturated rings. The topological polar surface area (TPSA) is 66.2 Å². The van der Waals surface area contributed by atoms with Gasteiger partial charge in [0.05, 0.1) is 5.09 Å². The summed E-state index contributed by atoms with van der Waals surface area (Å²) in [6.45, 7) is 0. The first kappa shape index (κ1) is 9.54. The Bertz CT molecular complexity index is 29.9. The summed E-state index contributed by atoms with van der Waals surface area (Å²) < 4.78 is 0. The van der Waals surface area contributed by atoms with E-state index >= 15 is 0 Å². The average Bonchev–Trinajstić information content (AvgIpc) is 0.811. The Morgan fingerprint density at radius 3 is 1.40 bits per heavy atom. The van der Waals surface area contributed by atoms with Crippen molar-refractivity contribution < 1.29 is 74.0 Å². The van der Waals surface area contributed by atoms with Gasteiger partial charge in [-0.05, 0) is 0 Å². The van der Waals surface area contributed by atoms with E-state index in [2.05, 4.69) is 0 Å². The van der Waals surface area contributed by atoms with Crippen molar-refractivity contribution in [3.8, 4) is 0 Å². The summed E-state index contributed by atoms with van der Waals surface area (Å²) >= 11 is 0. The number of hydrogen-bond acceptors (Lipinski definition) is 3. The second-order valence-corrected chi connectivity index (χ2v) is 0.224. The molecular weight excluding hydrogens is 195 g/mol. The van der Waals surface area contributed by atoms with Crippen LogP contribution in [0.3, 0.4) is 0 Å². The summed E-state index contributed by atoms with van der Waals surface area (Å²) in [6, 6.07) is 0. The molecule has 0 rings (SSSR count). The predicted octanol–water partition coefficient (Wildman–Crippen LogP) is -3.24. The van der Waals surface area contributed by atoms with Gasteiger partial charge in [-0.15, -0.1) is 0 Å². The Hall–Kier alpha value is 1.25. The molecule has 5 heteroatoms. The fourth-order valence-electron chi connectivity index (χ4n) is 0. The molecule has 0 amide bonds. The van der Waals surface area contributed by atoms with E-state index in [1.807, 2.05) is 0 Å². The monoisotopic (exact) mass is 195 g/mol. The molecule has 0 aromatic carbocycles. The molecule has 0 unspecified atom stereocenters. The smallest absolute Gasteiger partial charge is 0.356 e. The van der Waals surface area contributed by atoms with Gasteiger partial charge in [-0.25, -0.2) is 0 Å². The minimum atomic E-state index is -1.75. The Morgan fingerprint density at radius 2 is 1.40 bits per heavy atom. The predicted molar refractivity (Wildman–Crippen MR) is 10.4 cm³/mol. The summed E-state index contributed by atoms with van der Waals surface area (Å²) in [4.78, 5) is 8.25. The molecule has 0 aromatic rings. The first-order valence-corrected chi connectivity index (χ1v) is 0.548. The van der Waals surface area contributed by atoms with Crippen molar-refractivity contribution in [1.29, 1.82) is 0 Å². The molecule has 0 N–H and O–H groups in total. The largest absolute Gasteiger partial charge is 1.00 e. The van der Waals surface area contributed by atoms with Crippen molar-refractivity contribution in [2.24, 2.45) is 0 Å². The van der Waals surface area contributed by atoms with E-state index in [-0.39, 0.29) is 68.9 Å². The molecule has 0 aliphatic rings. The van der Waals surface area contributed by atoms with Crippen LogP contribution < -0.4 is 68.9 Å². The van der Waals surface area contributed by atoms with Gasteiger partial charge >= 0.3 is 68.9 Å². The first-order chi connectivity index (χ1) is 1.73. The third-order valence-corrected chi connectivity index (χ3v) is 0. The van der Waals surface area contributed by atoms with Gasteiger partial charge in [0, 0.05) is 0 Å². The van der Waals surface area contributed by atoms with Crippen molar-refractivity contribution >= 4 is 0 Å². The van der Waals surface area contributed by atoms with E-state index in [0.717, 1.165) is 0 Å². The summed E-state index contributed by atoms with van der Waals surface area (Å²) in [5.74, 6) is 0. The Balaban J connectivity index is 0. The first-order valence-electron chi connectivity index (χ1n) is 0.548. The van der Waals surface area contributed by atoms with Crippen LogP contribution in [0.2, 0.25) is 0 Å². The molecule has 0 saturated heterocycles. The van der Waals surface area contributed by atoms with Gasteiger partial charge in [0.25, 0.3) is 0 Å². The standard InChI is InChI=1S/Cs.NO3/c;2-1(3)4/q+1;-1. The van der Waals surface area contributed by atoms with E-state index < -0.39 is 5.09 Å². The van der Waals surface area contributed by atoms with Crippen LogP contribution in [0, 0.1) is 15.3 Å². The van der Waals surface area contributed by atoms with E-state index in [1.165, 1.54) is 0 Å². The van der Waals surface area contributed by atoms with Crippen molar-refractivity contribution in [1.82, 2.24) is 0 Å². The molecule has 24 valence electrons. The Kier molecular flexibility index (Phi) is 10.0. The molecule has 0 aliphatic heterocycles. The minimum absolute atomic E-state index is 0. The van der Waals surface area contributed by atoms with Crippen LogP contribution in [0.15, 0.2) is 0 Å². The summed E-state index contributed by atoms with van der Waals surface area (Å²) in [7, 11) is 0. The summed E-state index contributed by atoms with van der Waals surface area (Å²) in [5.41, 5.74) is 0. The SMILES string of the molecule is O=[N+]([O-])[O-].[Cs+]. The number of rotatable bonds is 0. The second kappa shape index (κ2) is 5.25. The van der Waals surface area contributed by atoms with Gasteiger partial charge in [0.2, 0.25) is 0 Å². The molecule has 0 saturated carbocycles. The third kappa shape index (κ3) is 35.4. The maximum atomic E-state index is 8.25. The van der Waals surface area contributed by atoms with Crippen LogP contribution in [0.25, 0.3) is 0 Å². The fourth-order valence-corrected chi connectivity index (χ4v) is 0. The second-order valence-electron chi connectivity index (χ2n) is 0.224. The van der Waals surface area contributed by atoms with Gasteiger partial charge in [-0.3, -0.25) is 0 Å². The van der Waals surface area contributed by atoms with Crippen LogP contribution in [0.1, 0.15) is 0 Å². The molecule has 0 aromatic heterocycles.